The lowest BCUT2D eigenvalue weighted by molar-refractivity contribution is 0.0245. The molecule has 6 nitrogen and oxygen atoms in total. The van der Waals surface area contributed by atoms with Gasteiger partial charge in [0.1, 0.15) is 11.9 Å². The van der Waals surface area contributed by atoms with Gasteiger partial charge in [-0.05, 0) is 17.7 Å². The smallest absolute Gasteiger partial charge is 0.161 e. The first-order valence-electron chi connectivity index (χ1n) is 7.39. The molecule has 0 unspecified atom stereocenters. The van der Waals surface area contributed by atoms with Gasteiger partial charge in [0.15, 0.2) is 11.5 Å². The van der Waals surface area contributed by atoms with Crippen LogP contribution in [-0.4, -0.2) is 36.2 Å². The molecule has 1 aromatic heterocycles. The fraction of sp³-hybridized carbons (Fsp3) is 0.438. The van der Waals surface area contributed by atoms with E-state index in [4.69, 9.17) is 19.9 Å². The van der Waals surface area contributed by atoms with Crippen LogP contribution in [0.15, 0.2) is 24.4 Å². The summed E-state index contributed by atoms with van der Waals surface area (Å²) in [6.07, 6.45) is 3.74. The zero-order chi connectivity index (χ0) is 15.5. The molecule has 0 radical (unpaired) electrons. The number of anilines is 1. The van der Waals surface area contributed by atoms with Crippen LogP contribution >= 0.6 is 0 Å². The van der Waals surface area contributed by atoms with Crippen LogP contribution in [0, 0.1) is 0 Å². The molecule has 0 spiro atoms. The Morgan fingerprint density at radius 3 is 2.68 bits per heavy atom. The first-order chi connectivity index (χ1) is 10.7. The van der Waals surface area contributed by atoms with Gasteiger partial charge >= 0.3 is 0 Å². The highest BCUT2D eigenvalue weighted by Gasteiger charge is 2.18. The van der Waals surface area contributed by atoms with E-state index in [0.717, 1.165) is 42.9 Å². The highest BCUT2D eigenvalue weighted by Crippen LogP contribution is 2.35. The Labute approximate surface area is 129 Å². The summed E-state index contributed by atoms with van der Waals surface area (Å²) in [5, 5.41) is 4.17. The maximum Gasteiger partial charge on any atom is 0.161 e. The SMILES string of the molecule is COc1cc(-c2cnn(C)c2N)ccc1OC1CCOCC1. The number of aryl methyl sites for hydroxylation is 1. The Balaban J connectivity index is 1.85. The molecule has 1 saturated heterocycles. The number of nitrogens with two attached hydrogens (primary N) is 1. The van der Waals surface area contributed by atoms with Crippen molar-refractivity contribution in [3.05, 3.63) is 24.4 Å². The third kappa shape index (κ3) is 2.87. The van der Waals surface area contributed by atoms with Gasteiger partial charge in [0, 0.05) is 25.5 Å². The van der Waals surface area contributed by atoms with Gasteiger partial charge in [0.2, 0.25) is 0 Å². The topological polar surface area (TPSA) is 71.5 Å². The molecule has 0 aliphatic carbocycles. The van der Waals surface area contributed by atoms with Crippen molar-refractivity contribution in [1.82, 2.24) is 9.78 Å². The Bertz CT molecular complexity index is 648. The van der Waals surface area contributed by atoms with Gasteiger partial charge in [-0.15, -0.1) is 0 Å². The summed E-state index contributed by atoms with van der Waals surface area (Å²) in [6.45, 7) is 1.49. The van der Waals surface area contributed by atoms with Gasteiger partial charge in [0.05, 0.1) is 26.5 Å². The maximum atomic E-state index is 6.05. The normalized spacial score (nSPS) is 15.7. The van der Waals surface area contributed by atoms with Gasteiger partial charge in [-0.1, -0.05) is 6.07 Å². The predicted molar refractivity (Wildman–Crippen MR) is 84.1 cm³/mol. The molecule has 1 aromatic carbocycles. The average Bonchev–Trinajstić information content (AvgIpc) is 2.88. The largest absolute Gasteiger partial charge is 0.493 e. The molecule has 0 amide bonds. The van der Waals surface area contributed by atoms with Crippen molar-refractivity contribution in [2.75, 3.05) is 26.1 Å². The number of ether oxygens (including phenoxy) is 3. The van der Waals surface area contributed by atoms with Crippen molar-refractivity contribution in [1.29, 1.82) is 0 Å². The third-order valence-corrected chi connectivity index (χ3v) is 3.92. The number of methoxy groups -OCH3 is 1. The van der Waals surface area contributed by atoms with Gasteiger partial charge in [0.25, 0.3) is 0 Å². The molecule has 0 atom stereocenters. The number of benzene rings is 1. The fourth-order valence-corrected chi connectivity index (χ4v) is 2.58. The van der Waals surface area contributed by atoms with E-state index in [2.05, 4.69) is 5.10 Å². The Morgan fingerprint density at radius 1 is 1.27 bits per heavy atom. The summed E-state index contributed by atoms with van der Waals surface area (Å²) in [5.74, 6) is 2.08. The minimum atomic E-state index is 0.178. The molecule has 1 aliphatic rings. The molecule has 0 saturated carbocycles. The number of hydrogen-bond acceptors (Lipinski definition) is 5. The van der Waals surface area contributed by atoms with E-state index in [-0.39, 0.29) is 6.10 Å². The minimum Gasteiger partial charge on any atom is -0.493 e. The van der Waals surface area contributed by atoms with Crippen LogP contribution in [0.4, 0.5) is 5.82 Å². The molecule has 1 aliphatic heterocycles. The summed E-state index contributed by atoms with van der Waals surface area (Å²) in [5.41, 5.74) is 7.88. The standard InChI is InChI=1S/C16H21N3O3/c1-19-16(17)13(10-18-19)11-3-4-14(15(9-11)20-2)22-12-5-7-21-8-6-12/h3-4,9-10,12H,5-8,17H2,1-2H3. The number of hydrogen-bond donors (Lipinski definition) is 1. The fourth-order valence-electron chi connectivity index (χ4n) is 2.58. The van der Waals surface area contributed by atoms with Crippen molar-refractivity contribution < 1.29 is 14.2 Å². The van der Waals surface area contributed by atoms with Crippen LogP contribution < -0.4 is 15.2 Å². The van der Waals surface area contributed by atoms with Crippen molar-refractivity contribution in [3.63, 3.8) is 0 Å². The summed E-state index contributed by atoms with van der Waals surface area (Å²) < 4.78 is 18.5. The van der Waals surface area contributed by atoms with E-state index in [1.165, 1.54) is 0 Å². The first kappa shape index (κ1) is 14.7. The molecule has 118 valence electrons. The number of nitrogen functional groups attached to an aromatic ring is 1. The van der Waals surface area contributed by atoms with E-state index >= 15 is 0 Å². The summed E-state index contributed by atoms with van der Waals surface area (Å²) in [6, 6.07) is 5.84. The zero-order valence-electron chi connectivity index (χ0n) is 12.9. The molecular formula is C16H21N3O3. The maximum absolute atomic E-state index is 6.05. The van der Waals surface area contributed by atoms with Crippen LogP contribution in [-0.2, 0) is 11.8 Å². The second kappa shape index (κ2) is 6.27. The minimum absolute atomic E-state index is 0.178. The van der Waals surface area contributed by atoms with Crippen LogP contribution in [0.2, 0.25) is 0 Å². The highest BCUT2D eigenvalue weighted by molar-refractivity contribution is 5.75. The van der Waals surface area contributed by atoms with Crippen LogP contribution in [0.3, 0.4) is 0 Å². The van der Waals surface area contributed by atoms with Crippen LogP contribution in [0.25, 0.3) is 11.1 Å². The van der Waals surface area contributed by atoms with Crippen LogP contribution in [0.1, 0.15) is 12.8 Å². The molecular weight excluding hydrogens is 282 g/mol. The lowest BCUT2D eigenvalue weighted by atomic mass is 10.1. The van der Waals surface area contributed by atoms with Gasteiger partial charge in [-0.2, -0.15) is 5.10 Å². The second-order valence-corrected chi connectivity index (χ2v) is 5.36. The van der Waals surface area contributed by atoms with E-state index in [1.54, 1.807) is 18.0 Å². The number of aromatic nitrogens is 2. The molecule has 2 aromatic rings. The van der Waals surface area contributed by atoms with E-state index in [0.29, 0.717) is 11.6 Å². The predicted octanol–water partition coefficient (Wildman–Crippen LogP) is 2.24. The van der Waals surface area contributed by atoms with Crippen molar-refractivity contribution in [3.8, 4) is 22.6 Å². The second-order valence-electron chi connectivity index (χ2n) is 5.36. The molecule has 22 heavy (non-hydrogen) atoms. The molecule has 1 fully saturated rings. The van der Waals surface area contributed by atoms with Gasteiger partial charge in [-0.3, -0.25) is 4.68 Å². The zero-order valence-corrected chi connectivity index (χ0v) is 12.9. The third-order valence-electron chi connectivity index (χ3n) is 3.92. The number of rotatable bonds is 4. The average molecular weight is 303 g/mol. The molecule has 0 bridgehead atoms. The van der Waals surface area contributed by atoms with E-state index in [9.17, 15) is 0 Å². The van der Waals surface area contributed by atoms with Crippen molar-refractivity contribution in [2.24, 2.45) is 7.05 Å². The first-order valence-corrected chi connectivity index (χ1v) is 7.39. The molecule has 2 N–H and O–H groups in total. The Hall–Kier alpha value is -2.21. The summed E-state index contributed by atoms with van der Waals surface area (Å²) >= 11 is 0. The highest BCUT2D eigenvalue weighted by atomic mass is 16.5. The van der Waals surface area contributed by atoms with Gasteiger partial charge < -0.3 is 19.9 Å². The summed E-state index contributed by atoms with van der Waals surface area (Å²) in [7, 11) is 3.46. The summed E-state index contributed by atoms with van der Waals surface area (Å²) in [4.78, 5) is 0. The molecule has 2 heterocycles. The van der Waals surface area contributed by atoms with Gasteiger partial charge in [-0.25, -0.2) is 0 Å². The lowest BCUT2D eigenvalue weighted by Crippen LogP contribution is -2.26. The Morgan fingerprint density at radius 2 is 2.05 bits per heavy atom. The van der Waals surface area contributed by atoms with Crippen molar-refractivity contribution >= 4 is 5.82 Å². The van der Waals surface area contributed by atoms with Crippen molar-refractivity contribution in [2.45, 2.75) is 18.9 Å². The lowest BCUT2D eigenvalue weighted by Gasteiger charge is -2.24. The number of nitrogens with zero attached hydrogens (tertiary/aromatic N) is 2. The molecule has 3 rings (SSSR count). The monoisotopic (exact) mass is 303 g/mol. The van der Waals surface area contributed by atoms with E-state index in [1.807, 2.05) is 25.2 Å². The van der Waals surface area contributed by atoms with E-state index < -0.39 is 0 Å². The van der Waals surface area contributed by atoms with Crippen LogP contribution in [0.5, 0.6) is 11.5 Å². The Kier molecular flexibility index (Phi) is 4.20. The molecule has 6 heteroatoms. The quantitative estimate of drug-likeness (QED) is 0.938.